The molecule has 3 aromatic rings. The number of halogens is 1. The summed E-state index contributed by atoms with van der Waals surface area (Å²) >= 11 is 0. The zero-order valence-electron chi connectivity index (χ0n) is 16.1. The summed E-state index contributed by atoms with van der Waals surface area (Å²) < 4.78 is 15.7. The number of rotatable bonds is 6. The van der Waals surface area contributed by atoms with Crippen LogP contribution in [0.25, 0.3) is 11.4 Å². The molecule has 148 valence electrons. The molecule has 0 radical (unpaired) electrons. The maximum Gasteiger partial charge on any atom is 0.277 e. The van der Waals surface area contributed by atoms with E-state index in [1.165, 1.54) is 16.7 Å². The average molecular weight is 392 g/mol. The van der Waals surface area contributed by atoms with Crippen LogP contribution in [0.15, 0.2) is 58.5 Å². The van der Waals surface area contributed by atoms with Gasteiger partial charge in [0.2, 0.25) is 0 Å². The maximum atomic E-state index is 14.2. The second kappa shape index (κ2) is 7.95. The Morgan fingerprint density at radius 3 is 2.52 bits per heavy atom. The van der Waals surface area contributed by atoms with Crippen molar-refractivity contribution in [3.05, 3.63) is 80.9 Å². The van der Waals surface area contributed by atoms with E-state index in [0.717, 1.165) is 25.1 Å². The fraction of sp³-hybridized carbons (Fsp3) is 0.273. The number of hydrogen-bond donors (Lipinski definition) is 0. The predicted octanol–water partition coefficient (Wildman–Crippen LogP) is 4.21. The van der Waals surface area contributed by atoms with Gasteiger partial charge in [-0.15, -0.1) is 4.91 Å². The molecule has 7 heteroatoms. The van der Waals surface area contributed by atoms with Gasteiger partial charge in [-0.3, -0.25) is 9.36 Å². The molecule has 0 bridgehead atoms. The Labute approximate surface area is 167 Å². The fourth-order valence-corrected chi connectivity index (χ4v) is 3.64. The number of hydrogen-bond acceptors (Lipinski definition) is 5. The smallest absolute Gasteiger partial charge is 0.277 e. The van der Waals surface area contributed by atoms with Crippen molar-refractivity contribution in [2.45, 2.75) is 26.3 Å². The molecule has 1 fully saturated rings. The standard InChI is InChI=1S/C22H21FN4O2/c1-15-20(26-12-6-13-26)22(28)27(14-11-16-7-3-2-4-8-16)21(24-15)17-9-5-10-18(23)19(17)25-29/h2-5,7-10H,6,11-14H2,1H3. The van der Waals surface area contributed by atoms with Crippen molar-refractivity contribution in [1.82, 2.24) is 9.55 Å². The summed E-state index contributed by atoms with van der Waals surface area (Å²) in [7, 11) is 0. The molecule has 2 aromatic carbocycles. The second-order valence-electron chi connectivity index (χ2n) is 7.13. The predicted molar refractivity (Wildman–Crippen MR) is 111 cm³/mol. The van der Waals surface area contributed by atoms with Gasteiger partial charge in [-0.05, 0) is 42.6 Å². The van der Waals surface area contributed by atoms with Crippen LogP contribution >= 0.6 is 0 Å². The van der Waals surface area contributed by atoms with Gasteiger partial charge >= 0.3 is 0 Å². The summed E-state index contributed by atoms with van der Waals surface area (Å²) in [6.07, 6.45) is 1.64. The third-order valence-electron chi connectivity index (χ3n) is 5.28. The Balaban J connectivity index is 1.86. The molecule has 6 nitrogen and oxygen atoms in total. The van der Waals surface area contributed by atoms with Gasteiger partial charge in [0.1, 0.15) is 11.5 Å². The van der Waals surface area contributed by atoms with E-state index >= 15 is 0 Å². The minimum atomic E-state index is -0.731. The van der Waals surface area contributed by atoms with E-state index in [4.69, 9.17) is 0 Å². The molecular formula is C22H21FN4O2. The monoisotopic (exact) mass is 392 g/mol. The average Bonchev–Trinajstić information content (AvgIpc) is 2.69. The number of aromatic nitrogens is 2. The fourth-order valence-electron chi connectivity index (χ4n) is 3.64. The first-order valence-corrected chi connectivity index (χ1v) is 9.62. The highest BCUT2D eigenvalue weighted by atomic mass is 19.1. The maximum absolute atomic E-state index is 14.2. The number of nitrogens with zero attached hydrogens (tertiary/aromatic N) is 4. The Morgan fingerprint density at radius 2 is 1.86 bits per heavy atom. The van der Waals surface area contributed by atoms with E-state index < -0.39 is 5.82 Å². The molecule has 0 N–H and O–H groups in total. The van der Waals surface area contributed by atoms with E-state index in [0.29, 0.717) is 24.3 Å². The summed E-state index contributed by atoms with van der Waals surface area (Å²) in [6, 6.07) is 14.0. The molecule has 29 heavy (non-hydrogen) atoms. The first kappa shape index (κ1) is 19.0. The van der Waals surface area contributed by atoms with Crippen molar-refractivity contribution < 1.29 is 4.39 Å². The number of anilines is 1. The number of benzene rings is 2. The van der Waals surface area contributed by atoms with E-state index in [9.17, 15) is 14.1 Å². The molecule has 0 amide bonds. The van der Waals surface area contributed by atoms with Crippen LogP contribution in [-0.4, -0.2) is 22.6 Å². The third kappa shape index (κ3) is 3.55. The molecule has 0 saturated carbocycles. The molecule has 1 aromatic heterocycles. The van der Waals surface area contributed by atoms with Gasteiger partial charge < -0.3 is 4.90 Å². The van der Waals surface area contributed by atoms with Gasteiger partial charge in [0.25, 0.3) is 5.56 Å². The highest BCUT2D eigenvalue weighted by molar-refractivity contribution is 5.72. The molecule has 1 aliphatic heterocycles. The van der Waals surface area contributed by atoms with Gasteiger partial charge in [0.05, 0.1) is 5.69 Å². The Morgan fingerprint density at radius 1 is 1.10 bits per heavy atom. The van der Waals surface area contributed by atoms with E-state index in [2.05, 4.69) is 10.2 Å². The zero-order valence-corrected chi connectivity index (χ0v) is 16.1. The van der Waals surface area contributed by atoms with E-state index in [1.807, 2.05) is 35.2 Å². The molecule has 0 spiro atoms. The lowest BCUT2D eigenvalue weighted by Crippen LogP contribution is -2.43. The van der Waals surface area contributed by atoms with Crippen LogP contribution in [0.5, 0.6) is 0 Å². The zero-order chi connectivity index (χ0) is 20.4. The summed E-state index contributed by atoms with van der Waals surface area (Å²) in [4.78, 5) is 31.3. The number of nitroso groups, excluding NO2 is 1. The molecule has 0 unspecified atom stereocenters. The Hall–Kier alpha value is -3.35. The van der Waals surface area contributed by atoms with Crippen LogP contribution in [0, 0.1) is 17.6 Å². The first-order chi connectivity index (χ1) is 14.1. The molecule has 1 aliphatic rings. The molecule has 0 aliphatic carbocycles. The molecular weight excluding hydrogens is 371 g/mol. The Bertz CT molecular complexity index is 1110. The van der Waals surface area contributed by atoms with Gasteiger partial charge in [-0.25, -0.2) is 9.37 Å². The minimum absolute atomic E-state index is 0.177. The lowest BCUT2D eigenvalue weighted by molar-refractivity contribution is 0.594. The molecule has 2 heterocycles. The van der Waals surface area contributed by atoms with Crippen LogP contribution in [0.3, 0.4) is 0 Å². The third-order valence-corrected chi connectivity index (χ3v) is 5.28. The summed E-state index contributed by atoms with van der Waals surface area (Å²) in [6.45, 7) is 3.77. The summed E-state index contributed by atoms with van der Waals surface area (Å²) in [5.41, 5.74) is 1.94. The van der Waals surface area contributed by atoms with Crippen LogP contribution in [-0.2, 0) is 13.0 Å². The lowest BCUT2D eigenvalue weighted by Gasteiger charge is -2.34. The Kier molecular flexibility index (Phi) is 5.20. The van der Waals surface area contributed by atoms with Crippen molar-refractivity contribution in [2.75, 3.05) is 18.0 Å². The largest absolute Gasteiger partial charge is 0.365 e. The van der Waals surface area contributed by atoms with Crippen molar-refractivity contribution in [3.63, 3.8) is 0 Å². The van der Waals surface area contributed by atoms with Crippen molar-refractivity contribution in [3.8, 4) is 11.4 Å². The SMILES string of the molecule is Cc1nc(-c2cccc(F)c2N=O)n(CCc2ccccc2)c(=O)c1N1CCC1. The van der Waals surface area contributed by atoms with Gasteiger partial charge in [0, 0.05) is 25.2 Å². The summed E-state index contributed by atoms with van der Waals surface area (Å²) in [5, 5.41) is 2.86. The van der Waals surface area contributed by atoms with Crippen LogP contribution in [0.1, 0.15) is 17.7 Å². The normalized spacial score (nSPS) is 13.2. The van der Waals surface area contributed by atoms with Crippen LogP contribution < -0.4 is 10.5 Å². The van der Waals surface area contributed by atoms with Crippen molar-refractivity contribution in [1.29, 1.82) is 0 Å². The topological polar surface area (TPSA) is 67.6 Å². The molecule has 4 rings (SSSR count). The molecule has 0 atom stereocenters. The van der Waals surface area contributed by atoms with Gasteiger partial charge in [-0.2, -0.15) is 0 Å². The quantitative estimate of drug-likeness (QED) is 0.590. The second-order valence-corrected chi connectivity index (χ2v) is 7.13. The van der Waals surface area contributed by atoms with Crippen LogP contribution in [0.4, 0.5) is 15.8 Å². The lowest BCUT2D eigenvalue weighted by atomic mass is 10.1. The van der Waals surface area contributed by atoms with Crippen molar-refractivity contribution >= 4 is 11.4 Å². The highest BCUT2D eigenvalue weighted by Gasteiger charge is 2.25. The van der Waals surface area contributed by atoms with Gasteiger partial charge in [-0.1, -0.05) is 36.4 Å². The number of aryl methyl sites for hydroxylation is 2. The first-order valence-electron chi connectivity index (χ1n) is 9.62. The van der Waals surface area contributed by atoms with Gasteiger partial charge in [0.15, 0.2) is 11.5 Å². The van der Waals surface area contributed by atoms with Crippen molar-refractivity contribution in [2.24, 2.45) is 5.18 Å². The minimum Gasteiger partial charge on any atom is -0.365 e. The highest BCUT2D eigenvalue weighted by Crippen LogP contribution is 2.32. The van der Waals surface area contributed by atoms with E-state index in [-0.39, 0.29) is 22.6 Å². The van der Waals surface area contributed by atoms with Crippen LogP contribution in [0.2, 0.25) is 0 Å². The van der Waals surface area contributed by atoms with E-state index in [1.54, 1.807) is 13.0 Å². The molecule has 1 saturated heterocycles. The summed E-state index contributed by atoms with van der Waals surface area (Å²) in [5.74, 6) is -0.465.